The highest BCUT2D eigenvalue weighted by molar-refractivity contribution is 14.1. The minimum Gasteiger partial charge on any atom is -0.491 e. The summed E-state index contributed by atoms with van der Waals surface area (Å²) in [5, 5.41) is 0. The second kappa shape index (κ2) is 14.1. The minimum atomic E-state index is -0.761. The lowest BCUT2D eigenvalue weighted by Gasteiger charge is -2.26. The van der Waals surface area contributed by atoms with Gasteiger partial charge in [0, 0.05) is 10.0 Å². The molecule has 11 heteroatoms. The van der Waals surface area contributed by atoms with Crippen LogP contribution in [-0.4, -0.2) is 23.2 Å². The number of para-hydroxylation sites is 1. The van der Waals surface area contributed by atoms with Crippen LogP contribution < -0.4 is 24.4 Å². The van der Waals surface area contributed by atoms with Crippen LogP contribution in [0.15, 0.2) is 90.7 Å². The summed E-state index contributed by atoms with van der Waals surface area (Å²) < 4.78 is 22.4. The number of carbonyl (C=O) groups excluding carboxylic acids is 1. The summed E-state index contributed by atoms with van der Waals surface area (Å²) in [4.78, 5) is 32.6. The van der Waals surface area contributed by atoms with E-state index in [1.807, 2.05) is 80.6 Å². The van der Waals surface area contributed by atoms with E-state index in [2.05, 4.69) is 54.5 Å². The molecule has 0 fully saturated rings. The first-order valence-electron chi connectivity index (χ1n) is 13.9. The number of fused-ring (bicyclic) bond motifs is 1. The Morgan fingerprint density at radius 3 is 2.55 bits per heavy atom. The monoisotopic (exact) mass is 850 g/mol. The highest BCUT2D eigenvalue weighted by Gasteiger charge is 2.35. The van der Waals surface area contributed by atoms with Gasteiger partial charge in [-0.3, -0.25) is 9.36 Å². The third-order valence-corrected chi connectivity index (χ3v) is 9.61. The number of halogens is 3. The Kier molecular flexibility index (Phi) is 10.5. The number of thiazole rings is 1. The quantitative estimate of drug-likeness (QED) is 0.131. The van der Waals surface area contributed by atoms with Crippen LogP contribution >= 0.6 is 65.8 Å². The zero-order valence-electron chi connectivity index (χ0n) is 24.4. The standard InChI is InChI=1S/C33H29Br2IN2O5S/c1-5-41-32(40)28-19(4)37-33-38(29(28)23-8-6-7-9-26(23)43-18(2)3)31(39)27(44-33)16-21-14-24(35)30(25(36)15-21)42-17-20-10-12-22(34)13-11-20/h6-16,18,29H,5,17H2,1-4H3/b27-16+/t29-/m0/s1. The van der Waals surface area contributed by atoms with E-state index in [0.717, 1.165) is 29.4 Å². The number of nitrogens with zero attached hydrogens (tertiary/aromatic N) is 2. The highest BCUT2D eigenvalue weighted by atomic mass is 127. The maximum atomic E-state index is 14.1. The molecule has 0 unspecified atom stereocenters. The van der Waals surface area contributed by atoms with Gasteiger partial charge < -0.3 is 14.2 Å². The Labute approximate surface area is 289 Å². The number of aromatic nitrogens is 1. The average Bonchev–Trinajstić information content (AvgIpc) is 3.26. The van der Waals surface area contributed by atoms with Gasteiger partial charge in [-0.2, -0.15) is 0 Å². The Bertz CT molecular complexity index is 1910. The van der Waals surface area contributed by atoms with Gasteiger partial charge in [0.1, 0.15) is 24.1 Å². The van der Waals surface area contributed by atoms with Crippen molar-refractivity contribution in [3.05, 3.63) is 121 Å². The van der Waals surface area contributed by atoms with Gasteiger partial charge in [0.05, 0.1) is 36.6 Å². The van der Waals surface area contributed by atoms with E-state index in [9.17, 15) is 9.59 Å². The number of hydrogen-bond acceptors (Lipinski definition) is 7. The van der Waals surface area contributed by atoms with E-state index >= 15 is 0 Å². The molecule has 228 valence electrons. The molecular weight excluding hydrogens is 823 g/mol. The third-order valence-electron chi connectivity index (χ3n) is 6.71. The van der Waals surface area contributed by atoms with Gasteiger partial charge in [0.2, 0.25) is 0 Å². The molecule has 1 aromatic heterocycles. The van der Waals surface area contributed by atoms with Gasteiger partial charge in [-0.1, -0.05) is 57.6 Å². The van der Waals surface area contributed by atoms with Crippen molar-refractivity contribution >= 4 is 77.8 Å². The average molecular weight is 852 g/mol. The topological polar surface area (TPSA) is 79.1 Å². The van der Waals surface area contributed by atoms with Gasteiger partial charge in [-0.05, 0) is 114 Å². The summed E-state index contributed by atoms with van der Waals surface area (Å²) >= 11 is 10.6. The molecule has 44 heavy (non-hydrogen) atoms. The maximum Gasteiger partial charge on any atom is 0.338 e. The molecule has 0 aliphatic carbocycles. The summed E-state index contributed by atoms with van der Waals surface area (Å²) in [7, 11) is 0. The first kappa shape index (κ1) is 32.6. The first-order valence-corrected chi connectivity index (χ1v) is 17.4. The van der Waals surface area contributed by atoms with Gasteiger partial charge in [-0.15, -0.1) is 0 Å². The second-order valence-corrected chi connectivity index (χ2v) is 14.2. The molecule has 1 atom stereocenters. The fourth-order valence-corrected chi connectivity index (χ4v) is 7.92. The van der Waals surface area contributed by atoms with E-state index in [1.54, 1.807) is 18.4 Å². The number of benzene rings is 3. The molecule has 0 spiro atoms. The van der Waals surface area contributed by atoms with Crippen molar-refractivity contribution in [2.75, 3.05) is 6.61 Å². The van der Waals surface area contributed by atoms with Crippen molar-refractivity contribution in [3.8, 4) is 11.5 Å². The number of ether oxygens (including phenoxy) is 3. The van der Waals surface area contributed by atoms with Gasteiger partial charge >= 0.3 is 5.97 Å². The largest absolute Gasteiger partial charge is 0.491 e. The van der Waals surface area contributed by atoms with Crippen LogP contribution in [-0.2, 0) is 16.1 Å². The Morgan fingerprint density at radius 1 is 1.14 bits per heavy atom. The van der Waals surface area contributed by atoms with Crippen LogP contribution in [0.3, 0.4) is 0 Å². The molecule has 2 heterocycles. The number of hydrogen-bond donors (Lipinski definition) is 0. The number of carbonyl (C=O) groups is 1. The lowest BCUT2D eigenvalue weighted by molar-refractivity contribution is -0.139. The van der Waals surface area contributed by atoms with Crippen molar-refractivity contribution in [2.24, 2.45) is 4.99 Å². The molecule has 0 bridgehead atoms. The number of allylic oxidation sites excluding steroid dienone is 1. The molecule has 0 amide bonds. The predicted octanol–water partition coefficient (Wildman–Crippen LogP) is 7.29. The van der Waals surface area contributed by atoms with E-state index in [0.29, 0.717) is 38.5 Å². The molecule has 7 nitrogen and oxygen atoms in total. The molecular formula is C33H29Br2IN2O5S. The van der Waals surface area contributed by atoms with Gasteiger partial charge in [0.25, 0.3) is 5.56 Å². The van der Waals surface area contributed by atoms with E-state index < -0.39 is 12.0 Å². The van der Waals surface area contributed by atoms with Crippen LogP contribution in [0.4, 0.5) is 0 Å². The van der Waals surface area contributed by atoms with Crippen LogP contribution in [0, 0.1) is 3.57 Å². The van der Waals surface area contributed by atoms with Crippen molar-refractivity contribution in [3.63, 3.8) is 0 Å². The molecule has 0 saturated heterocycles. The van der Waals surface area contributed by atoms with Crippen molar-refractivity contribution in [1.82, 2.24) is 4.57 Å². The summed E-state index contributed by atoms with van der Waals surface area (Å²) in [5.74, 6) is 0.809. The smallest absolute Gasteiger partial charge is 0.338 e. The van der Waals surface area contributed by atoms with Crippen LogP contribution in [0.1, 0.15) is 50.4 Å². The number of rotatable bonds is 9. The highest BCUT2D eigenvalue weighted by Crippen LogP contribution is 2.36. The third kappa shape index (κ3) is 7.05. The minimum absolute atomic E-state index is 0.106. The van der Waals surface area contributed by atoms with Crippen molar-refractivity contribution in [2.45, 2.75) is 46.4 Å². The summed E-state index contributed by atoms with van der Waals surface area (Å²) in [6.07, 6.45) is 1.73. The summed E-state index contributed by atoms with van der Waals surface area (Å²) in [6, 6.07) is 18.6. The van der Waals surface area contributed by atoms with Gasteiger partial charge in [0.15, 0.2) is 4.80 Å². The van der Waals surface area contributed by atoms with E-state index in [4.69, 9.17) is 19.2 Å². The van der Waals surface area contributed by atoms with E-state index in [1.165, 1.54) is 11.3 Å². The molecule has 0 saturated carbocycles. The van der Waals surface area contributed by atoms with Crippen LogP contribution in [0.25, 0.3) is 6.08 Å². The normalized spacial score (nSPS) is 14.8. The van der Waals surface area contributed by atoms with E-state index in [-0.39, 0.29) is 18.3 Å². The van der Waals surface area contributed by atoms with Crippen LogP contribution in [0.2, 0.25) is 0 Å². The molecule has 1 aliphatic rings. The molecule has 1 aliphatic heterocycles. The summed E-state index contributed by atoms with van der Waals surface area (Å²) in [5.41, 5.74) is 3.13. The zero-order valence-corrected chi connectivity index (χ0v) is 30.5. The Balaban J connectivity index is 1.58. The lowest BCUT2D eigenvalue weighted by atomic mass is 9.95. The summed E-state index contributed by atoms with van der Waals surface area (Å²) in [6.45, 7) is 8.02. The maximum absolute atomic E-state index is 14.1. The molecule has 3 aromatic carbocycles. The molecule has 0 radical (unpaired) electrons. The molecule has 5 rings (SSSR count). The van der Waals surface area contributed by atoms with Crippen molar-refractivity contribution in [1.29, 1.82) is 0 Å². The van der Waals surface area contributed by atoms with Crippen LogP contribution in [0.5, 0.6) is 11.5 Å². The SMILES string of the molecule is CCOC(=O)C1=C(C)N=c2s/c(=C/c3cc(Br)c(OCc4ccc(Br)cc4)c(I)c3)c(=O)n2[C@H]1c1ccccc1OC(C)C. The fourth-order valence-electron chi connectivity index (χ4n) is 4.84. The second-order valence-electron chi connectivity index (χ2n) is 10.2. The Morgan fingerprint density at radius 2 is 1.86 bits per heavy atom. The first-order chi connectivity index (χ1) is 21.1. The van der Waals surface area contributed by atoms with Gasteiger partial charge in [-0.25, -0.2) is 9.79 Å². The Hall–Kier alpha value is -2.74. The number of esters is 1. The zero-order chi connectivity index (χ0) is 31.5. The van der Waals surface area contributed by atoms with Crippen molar-refractivity contribution < 1.29 is 19.0 Å². The fraction of sp³-hybridized carbons (Fsp3) is 0.242. The lowest BCUT2D eigenvalue weighted by Crippen LogP contribution is -2.40. The molecule has 4 aromatic rings. The predicted molar refractivity (Wildman–Crippen MR) is 188 cm³/mol. The molecule has 0 N–H and O–H groups in total.